The molecule has 4 fully saturated rings. The first-order valence-corrected chi connectivity index (χ1v) is 9.16. The van der Waals surface area contributed by atoms with E-state index < -0.39 is 0 Å². The highest BCUT2D eigenvalue weighted by atomic mass is 14.6. The SMILES string of the molecule is C1=CC(C23CCC(CC2)C3)CC(C23CCC(CC2)C3)=C1. The first-order valence-electron chi connectivity index (χ1n) is 9.16. The first kappa shape index (κ1) is 12.1. The van der Waals surface area contributed by atoms with Crippen molar-refractivity contribution in [1.29, 1.82) is 0 Å². The summed E-state index contributed by atoms with van der Waals surface area (Å²) in [5.41, 5.74) is 3.27. The van der Waals surface area contributed by atoms with Crippen LogP contribution >= 0.6 is 0 Å². The molecule has 0 aromatic rings. The molecule has 0 saturated heterocycles. The third-order valence-corrected chi connectivity index (χ3v) is 8.09. The molecular formula is C20H28. The van der Waals surface area contributed by atoms with Crippen molar-refractivity contribution in [2.45, 2.75) is 70.6 Å². The smallest absolute Gasteiger partial charge is 0.00819 e. The van der Waals surface area contributed by atoms with Gasteiger partial charge in [-0.3, -0.25) is 0 Å². The molecule has 5 aliphatic carbocycles. The van der Waals surface area contributed by atoms with Crippen molar-refractivity contribution in [3.63, 3.8) is 0 Å². The predicted molar refractivity (Wildman–Crippen MR) is 83.3 cm³/mol. The van der Waals surface area contributed by atoms with Crippen LogP contribution in [-0.4, -0.2) is 0 Å². The zero-order valence-electron chi connectivity index (χ0n) is 12.7. The van der Waals surface area contributed by atoms with Gasteiger partial charge in [-0.1, -0.05) is 23.8 Å². The maximum atomic E-state index is 2.59. The van der Waals surface area contributed by atoms with Crippen molar-refractivity contribution in [3.8, 4) is 0 Å². The number of fused-ring (bicyclic) bond motifs is 4. The third-order valence-electron chi connectivity index (χ3n) is 8.09. The summed E-state index contributed by atoms with van der Waals surface area (Å²) in [5, 5.41) is 0. The Kier molecular flexibility index (Phi) is 2.43. The quantitative estimate of drug-likeness (QED) is 0.607. The van der Waals surface area contributed by atoms with Crippen LogP contribution in [0.5, 0.6) is 0 Å². The Bertz CT molecular complexity index is 464. The minimum atomic E-state index is 0.668. The summed E-state index contributed by atoms with van der Waals surface area (Å²) in [4.78, 5) is 0. The van der Waals surface area contributed by atoms with Crippen LogP contribution in [0.25, 0.3) is 0 Å². The molecular weight excluding hydrogens is 240 g/mol. The van der Waals surface area contributed by atoms with Crippen molar-refractivity contribution in [1.82, 2.24) is 0 Å². The van der Waals surface area contributed by atoms with E-state index in [1.807, 2.05) is 5.57 Å². The highest BCUT2D eigenvalue weighted by Gasteiger charge is 2.52. The van der Waals surface area contributed by atoms with E-state index in [1.165, 1.54) is 64.2 Å². The van der Waals surface area contributed by atoms with E-state index in [2.05, 4.69) is 18.2 Å². The Balaban J connectivity index is 1.41. The van der Waals surface area contributed by atoms with Crippen LogP contribution in [0.15, 0.2) is 23.8 Å². The summed E-state index contributed by atoms with van der Waals surface area (Å²) >= 11 is 0. The van der Waals surface area contributed by atoms with Gasteiger partial charge < -0.3 is 0 Å². The summed E-state index contributed by atoms with van der Waals surface area (Å²) in [6, 6.07) is 0. The molecule has 20 heavy (non-hydrogen) atoms. The standard InChI is InChI=1S/C20H28/c1-2-17(19-8-4-15(13-19)5-9-19)12-18(3-1)20-10-6-16(14-20)7-11-20/h1-3,15-17H,4-14H2. The van der Waals surface area contributed by atoms with Crippen LogP contribution in [0.1, 0.15) is 70.6 Å². The fourth-order valence-corrected chi connectivity index (χ4v) is 6.89. The lowest BCUT2D eigenvalue weighted by atomic mass is 9.65. The molecule has 0 amide bonds. The van der Waals surface area contributed by atoms with Crippen LogP contribution in [-0.2, 0) is 0 Å². The van der Waals surface area contributed by atoms with Crippen LogP contribution in [0.2, 0.25) is 0 Å². The monoisotopic (exact) mass is 268 g/mol. The summed E-state index contributed by atoms with van der Waals surface area (Å²) in [5.74, 6) is 3.07. The van der Waals surface area contributed by atoms with Crippen LogP contribution in [0.3, 0.4) is 0 Å². The van der Waals surface area contributed by atoms with Gasteiger partial charge in [-0.05, 0) is 99.2 Å². The Morgan fingerprint density at radius 1 is 0.850 bits per heavy atom. The van der Waals surface area contributed by atoms with Crippen molar-refractivity contribution in [3.05, 3.63) is 23.8 Å². The zero-order valence-corrected chi connectivity index (χ0v) is 12.7. The maximum absolute atomic E-state index is 2.59. The lowest BCUT2D eigenvalue weighted by Crippen LogP contribution is -2.29. The van der Waals surface area contributed by atoms with Gasteiger partial charge in [0, 0.05) is 0 Å². The Morgan fingerprint density at radius 2 is 1.55 bits per heavy atom. The highest BCUT2D eigenvalue weighted by molar-refractivity contribution is 5.30. The van der Waals surface area contributed by atoms with Crippen molar-refractivity contribution in [2.75, 3.05) is 0 Å². The molecule has 0 heteroatoms. The van der Waals surface area contributed by atoms with Gasteiger partial charge >= 0.3 is 0 Å². The molecule has 0 radical (unpaired) electrons. The van der Waals surface area contributed by atoms with E-state index in [0.29, 0.717) is 5.41 Å². The molecule has 0 aliphatic heterocycles. The van der Waals surface area contributed by atoms with E-state index >= 15 is 0 Å². The molecule has 4 saturated carbocycles. The van der Waals surface area contributed by atoms with Gasteiger partial charge in [-0.25, -0.2) is 0 Å². The van der Waals surface area contributed by atoms with E-state index in [-0.39, 0.29) is 0 Å². The minimum absolute atomic E-state index is 0.668. The molecule has 0 aromatic carbocycles. The van der Waals surface area contributed by atoms with Gasteiger partial charge in [-0.2, -0.15) is 0 Å². The summed E-state index contributed by atoms with van der Waals surface area (Å²) in [7, 11) is 0. The average Bonchev–Trinajstić information content (AvgIpc) is 3.28. The fraction of sp³-hybridized carbons (Fsp3) is 0.800. The van der Waals surface area contributed by atoms with Crippen molar-refractivity contribution < 1.29 is 0 Å². The van der Waals surface area contributed by atoms with Crippen LogP contribution < -0.4 is 0 Å². The zero-order chi connectivity index (χ0) is 13.2. The Morgan fingerprint density at radius 3 is 2.15 bits per heavy atom. The van der Waals surface area contributed by atoms with Crippen molar-refractivity contribution >= 4 is 0 Å². The molecule has 4 bridgehead atoms. The van der Waals surface area contributed by atoms with Crippen LogP contribution in [0.4, 0.5) is 0 Å². The van der Waals surface area contributed by atoms with Gasteiger partial charge in [-0.15, -0.1) is 0 Å². The molecule has 108 valence electrons. The molecule has 0 N–H and O–H groups in total. The minimum Gasteiger partial charge on any atom is -0.0805 e. The Hall–Kier alpha value is -0.520. The second-order valence-electron chi connectivity index (χ2n) is 8.83. The first-order chi connectivity index (χ1) is 9.78. The molecule has 5 aliphatic rings. The van der Waals surface area contributed by atoms with Gasteiger partial charge in [0.15, 0.2) is 0 Å². The number of allylic oxidation sites excluding steroid dienone is 4. The van der Waals surface area contributed by atoms with E-state index in [9.17, 15) is 0 Å². The van der Waals surface area contributed by atoms with Crippen molar-refractivity contribution in [2.24, 2.45) is 28.6 Å². The molecule has 1 atom stereocenters. The average molecular weight is 268 g/mol. The Labute approximate surface area is 123 Å². The highest BCUT2D eigenvalue weighted by Crippen LogP contribution is 2.63. The number of hydrogen-bond acceptors (Lipinski definition) is 0. The molecule has 1 unspecified atom stereocenters. The largest absolute Gasteiger partial charge is 0.0805 e. The second kappa shape index (κ2) is 4.02. The summed E-state index contributed by atoms with van der Waals surface area (Å²) < 4.78 is 0. The van der Waals surface area contributed by atoms with E-state index in [0.717, 1.165) is 23.2 Å². The van der Waals surface area contributed by atoms with Crippen LogP contribution in [0, 0.1) is 28.6 Å². The molecule has 0 nitrogen and oxygen atoms in total. The van der Waals surface area contributed by atoms with Gasteiger partial charge in [0.25, 0.3) is 0 Å². The van der Waals surface area contributed by atoms with Gasteiger partial charge in [0.2, 0.25) is 0 Å². The van der Waals surface area contributed by atoms with Gasteiger partial charge in [0.1, 0.15) is 0 Å². The summed E-state index contributed by atoms with van der Waals surface area (Å²) in [6.07, 6.45) is 24.3. The molecule has 0 aromatic heterocycles. The molecule has 0 heterocycles. The lowest BCUT2D eigenvalue weighted by Gasteiger charge is -2.40. The number of hydrogen-bond donors (Lipinski definition) is 0. The van der Waals surface area contributed by atoms with Gasteiger partial charge in [0.05, 0.1) is 0 Å². The maximum Gasteiger partial charge on any atom is -0.00819 e. The second-order valence-corrected chi connectivity index (χ2v) is 8.83. The molecule has 0 spiro atoms. The lowest BCUT2D eigenvalue weighted by molar-refractivity contribution is 0.193. The fourth-order valence-electron chi connectivity index (χ4n) is 6.89. The number of rotatable bonds is 2. The normalized spacial score (nSPS) is 52.8. The summed E-state index contributed by atoms with van der Waals surface area (Å²) in [6.45, 7) is 0. The van der Waals surface area contributed by atoms with E-state index in [1.54, 1.807) is 6.42 Å². The third kappa shape index (κ3) is 1.54. The topological polar surface area (TPSA) is 0 Å². The predicted octanol–water partition coefficient (Wildman–Crippen LogP) is 5.65. The molecule has 5 rings (SSSR count). The van der Waals surface area contributed by atoms with E-state index in [4.69, 9.17) is 0 Å².